The highest BCUT2D eigenvalue weighted by atomic mass is 79.9. The minimum absolute atomic E-state index is 0.537. The first kappa shape index (κ1) is 10.4. The minimum Gasteiger partial charge on any atom is -0.465 e. The number of furan rings is 1. The second-order valence-electron chi connectivity index (χ2n) is 2.72. The van der Waals surface area contributed by atoms with Gasteiger partial charge in [0.15, 0.2) is 5.76 Å². The minimum atomic E-state index is -0.707. The van der Waals surface area contributed by atoms with Crippen molar-refractivity contribution in [2.75, 3.05) is 0 Å². The monoisotopic (exact) mass is 336 g/mol. The molecular weight excluding hydrogens is 332 g/mol. The molecular formula is C9H6Br2O2S. The standard InChI is InChI=1S/C9H6Br2O2S/c10-6-1-2-13-9(6)8(12)5-3-7(11)14-4-5/h1-4,8,12H. The highest BCUT2D eigenvalue weighted by Gasteiger charge is 2.17. The Morgan fingerprint density at radius 3 is 2.71 bits per heavy atom. The second-order valence-corrected chi connectivity index (χ2v) is 5.86. The molecule has 5 heteroatoms. The van der Waals surface area contributed by atoms with Gasteiger partial charge < -0.3 is 9.52 Å². The van der Waals surface area contributed by atoms with Crippen LogP contribution >= 0.6 is 43.2 Å². The number of hydrogen-bond donors (Lipinski definition) is 1. The molecule has 2 heterocycles. The molecule has 0 aliphatic carbocycles. The lowest BCUT2D eigenvalue weighted by Gasteiger charge is -2.05. The highest BCUT2D eigenvalue weighted by Crippen LogP contribution is 2.33. The number of rotatable bonds is 2. The van der Waals surface area contributed by atoms with E-state index in [0.29, 0.717) is 5.76 Å². The van der Waals surface area contributed by atoms with E-state index in [-0.39, 0.29) is 0 Å². The van der Waals surface area contributed by atoms with Gasteiger partial charge in [-0.2, -0.15) is 0 Å². The SMILES string of the molecule is OC(c1csc(Br)c1)c1occc1Br. The van der Waals surface area contributed by atoms with Gasteiger partial charge in [-0.25, -0.2) is 0 Å². The Morgan fingerprint density at radius 2 is 2.21 bits per heavy atom. The summed E-state index contributed by atoms with van der Waals surface area (Å²) in [7, 11) is 0. The van der Waals surface area contributed by atoms with E-state index in [1.165, 1.54) is 11.3 Å². The molecule has 0 aromatic carbocycles. The molecule has 0 radical (unpaired) electrons. The molecule has 2 nitrogen and oxygen atoms in total. The molecule has 1 atom stereocenters. The largest absolute Gasteiger partial charge is 0.465 e. The number of halogens is 2. The van der Waals surface area contributed by atoms with Crippen LogP contribution in [0.4, 0.5) is 0 Å². The average molecular weight is 338 g/mol. The van der Waals surface area contributed by atoms with Crippen LogP contribution in [0.5, 0.6) is 0 Å². The van der Waals surface area contributed by atoms with Crippen molar-refractivity contribution in [3.05, 3.63) is 43.4 Å². The van der Waals surface area contributed by atoms with Gasteiger partial charge in [0, 0.05) is 0 Å². The van der Waals surface area contributed by atoms with Gasteiger partial charge in [0.05, 0.1) is 14.5 Å². The van der Waals surface area contributed by atoms with Crippen LogP contribution < -0.4 is 0 Å². The molecule has 2 aromatic heterocycles. The van der Waals surface area contributed by atoms with E-state index in [2.05, 4.69) is 31.9 Å². The lowest BCUT2D eigenvalue weighted by molar-refractivity contribution is 0.188. The molecule has 0 aliphatic heterocycles. The number of aliphatic hydroxyl groups excluding tert-OH is 1. The molecule has 1 N–H and O–H groups in total. The molecule has 2 rings (SSSR count). The fourth-order valence-electron chi connectivity index (χ4n) is 1.12. The lowest BCUT2D eigenvalue weighted by atomic mass is 10.1. The van der Waals surface area contributed by atoms with Crippen molar-refractivity contribution >= 4 is 43.2 Å². The van der Waals surface area contributed by atoms with Gasteiger partial charge in [-0.05, 0) is 54.9 Å². The van der Waals surface area contributed by atoms with E-state index < -0.39 is 6.10 Å². The Balaban J connectivity index is 2.33. The van der Waals surface area contributed by atoms with E-state index in [4.69, 9.17) is 4.42 Å². The van der Waals surface area contributed by atoms with Gasteiger partial charge in [0.25, 0.3) is 0 Å². The summed E-state index contributed by atoms with van der Waals surface area (Å²) < 4.78 is 6.96. The first-order chi connectivity index (χ1) is 6.68. The number of aliphatic hydroxyl groups is 1. The topological polar surface area (TPSA) is 33.4 Å². The van der Waals surface area contributed by atoms with Crippen molar-refractivity contribution < 1.29 is 9.52 Å². The summed E-state index contributed by atoms with van der Waals surface area (Å²) >= 11 is 8.19. The zero-order valence-electron chi connectivity index (χ0n) is 6.91. The number of thiophene rings is 1. The molecule has 2 aromatic rings. The van der Waals surface area contributed by atoms with Gasteiger partial charge in [-0.3, -0.25) is 0 Å². The summed E-state index contributed by atoms with van der Waals surface area (Å²) in [6.45, 7) is 0. The Hall–Kier alpha value is -0.100. The van der Waals surface area contributed by atoms with Crippen molar-refractivity contribution in [1.29, 1.82) is 0 Å². The summed E-state index contributed by atoms with van der Waals surface area (Å²) in [5, 5.41) is 11.8. The fraction of sp³-hybridized carbons (Fsp3) is 0.111. The van der Waals surface area contributed by atoms with Crippen molar-refractivity contribution in [2.45, 2.75) is 6.10 Å². The zero-order chi connectivity index (χ0) is 10.1. The summed E-state index contributed by atoms with van der Waals surface area (Å²) in [6.07, 6.45) is 0.839. The lowest BCUT2D eigenvalue weighted by Crippen LogP contribution is -1.96. The molecule has 0 saturated carbocycles. The van der Waals surface area contributed by atoms with Crippen LogP contribution in [-0.2, 0) is 0 Å². The molecule has 0 saturated heterocycles. The summed E-state index contributed by atoms with van der Waals surface area (Å²) in [5.74, 6) is 0.537. The molecule has 74 valence electrons. The van der Waals surface area contributed by atoms with Crippen LogP contribution in [0.2, 0.25) is 0 Å². The van der Waals surface area contributed by atoms with Gasteiger partial charge in [0.2, 0.25) is 0 Å². The van der Waals surface area contributed by atoms with Crippen LogP contribution in [0, 0.1) is 0 Å². The van der Waals surface area contributed by atoms with Gasteiger partial charge in [-0.15, -0.1) is 11.3 Å². The molecule has 0 bridgehead atoms. The highest BCUT2D eigenvalue weighted by molar-refractivity contribution is 9.11. The first-order valence-corrected chi connectivity index (χ1v) is 6.30. The van der Waals surface area contributed by atoms with Crippen LogP contribution in [-0.4, -0.2) is 5.11 Å². The Morgan fingerprint density at radius 1 is 1.43 bits per heavy atom. The fourth-order valence-corrected chi connectivity index (χ4v) is 2.73. The van der Waals surface area contributed by atoms with E-state index >= 15 is 0 Å². The second kappa shape index (κ2) is 4.18. The third-order valence-corrected chi connectivity index (χ3v) is 3.97. The predicted octanol–water partition coefficient (Wildman–Crippen LogP) is 3.95. The van der Waals surface area contributed by atoms with E-state index in [1.807, 2.05) is 11.4 Å². The molecule has 0 fully saturated rings. The maximum Gasteiger partial charge on any atom is 0.150 e. The Labute approximate surface area is 102 Å². The molecule has 0 amide bonds. The Bertz CT molecular complexity index is 435. The van der Waals surface area contributed by atoms with Crippen LogP contribution in [0.25, 0.3) is 0 Å². The predicted molar refractivity (Wildman–Crippen MR) is 62.5 cm³/mol. The van der Waals surface area contributed by atoms with Gasteiger partial charge in [0.1, 0.15) is 6.10 Å². The maximum atomic E-state index is 9.94. The van der Waals surface area contributed by atoms with Crippen molar-refractivity contribution in [2.24, 2.45) is 0 Å². The van der Waals surface area contributed by atoms with E-state index in [9.17, 15) is 5.11 Å². The summed E-state index contributed by atoms with van der Waals surface area (Å²) in [5.41, 5.74) is 0.831. The quantitative estimate of drug-likeness (QED) is 0.900. The van der Waals surface area contributed by atoms with Crippen LogP contribution in [0.1, 0.15) is 17.4 Å². The molecule has 14 heavy (non-hydrogen) atoms. The third kappa shape index (κ3) is 1.95. The van der Waals surface area contributed by atoms with Crippen molar-refractivity contribution in [3.8, 4) is 0 Å². The smallest absolute Gasteiger partial charge is 0.150 e. The molecule has 0 spiro atoms. The summed E-state index contributed by atoms with van der Waals surface area (Å²) in [6, 6.07) is 3.64. The maximum absolute atomic E-state index is 9.94. The zero-order valence-corrected chi connectivity index (χ0v) is 10.9. The van der Waals surface area contributed by atoms with E-state index in [1.54, 1.807) is 12.3 Å². The number of hydrogen-bond acceptors (Lipinski definition) is 3. The third-order valence-electron chi connectivity index (χ3n) is 1.80. The average Bonchev–Trinajstić information content (AvgIpc) is 2.73. The van der Waals surface area contributed by atoms with Gasteiger partial charge >= 0.3 is 0 Å². The van der Waals surface area contributed by atoms with Crippen molar-refractivity contribution in [1.82, 2.24) is 0 Å². The molecule has 1 unspecified atom stereocenters. The first-order valence-electron chi connectivity index (χ1n) is 3.83. The Kier molecular flexibility index (Phi) is 3.11. The van der Waals surface area contributed by atoms with Crippen molar-refractivity contribution in [3.63, 3.8) is 0 Å². The normalized spacial score (nSPS) is 13.1. The van der Waals surface area contributed by atoms with E-state index in [0.717, 1.165) is 13.8 Å². The molecule has 0 aliphatic rings. The van der Waals surface area contributed by atoms with Gasteiger partial charge in [-0.1, -0.05) is 0 Å². The summed E-state index contributed by atoms with van der Waals surface area (Å²) in [4.78, 5) is 0. The van der Waals surface area contributed by atoms with Crippen LogP contribution in [0.3, 0.4) is 0 Å². The van der Waals surface area contributed by atoms with Crippen LogP contribution in [0.15, 0.2) is 36.5 Å².